The lowest BCUT2D eigenvalue weighted by atomic mass is 10.0. The van der Waals surface area contributed by atoms with Gasteiger partial charge >= 0.3 is 0 Å². The van der Waals surface area contributed by atoms with Gasteiger partial charge in [-0.25, -0.2) is 13.1 Å². The van der Waals surface area contributed by atoms with Crippen LogP contribution in [0.4, 0.5) is 0 Å². The van der Waals surface area contributed by atoms with E-state index in [1.165, 1.54) is 0 Å². The van der Waals surface area contributed by atoms with Crippen molar-refractivity contribution >= 4 is 26.0 Å². The van der Waals surface area contributed by atoms with Gasteiger partial charge in [0.2, 0.25) is 10.0 Å². The van der Waals surface area contributed by atoms with E-state index in [9.17, 15) is 8.42 Å². The summed E-state index contributed by atoms with van der Waals surface area (Å²) in [7, 11) is -1.98. The third-order valence-corrected chi connectivity index (χ3v) is 5.68. The van der Waals surface area contributed by atoms with Crippen LogP contribution in [0, 0.1) is 0 Å². The van der Waals surface area contributed by atoms with E-state index < -0.39 is 10.0 Å². The van der Waals surface area contributed by atoms with Gasteiger partial charge in [-0.2, -0.15) is 0 Å². The van der Waals surface area contributed by atoms with Crippen molar-refractivity contribution in [1.29, 1.82) is 0 Å². The van der Waals surface area contributed by atoms with Gasteiger partial charge in [0.15, 0.2) is 0 Å². The van der Waals surface area contributed by atoms with E-state index >= 15 is 0 Å². The predicted molar refractivity (Wildman–Crippen MR) is 90.4 cm³/mol. The van der Waals surface area contributed by atoms with Gasteiger partial charge in [-0.15, -0.1) is 0 Å². The van der Waals surface area contributed by atoms with Crippen molar-refractivity contribution in [2.75, 3.05) is 13.7 Å². The molecule has 122 valence electrons. The Bertz CT molecular complexity index is 805. The number of benzene rings is 2. The maximum atomic E-state index is 12.4. The summed E-state index contributed by atoms with van der Waals surface area (Å²) in [5.41, 5.74) is 0.930. The Kier molecular flexibility index (Phi) is 4.61. The van der Waals surface area contributed by atoms with Crippen molar-refractivity contribution in [3.8, 4) is 11.5 Å². The van der Waals surface area contributed by atoms with E-state index in [1.807, 2.05) is 18.2 Å². The molecule has 0 unspecified atom stereocenters. The average Bonchev–Trinajstić information content (AvgIpc) is 2.54. The van der Waals surface area contributed by atoms with Crippen LogP contribution in [0.3, 0.4) is 0 Å². The molecule has 0 radical (unpaired) electrons. The summed E-state index contributed by atoms with van der Waals surface area (Å²) in [6.45, 7) is 0.301. The zero-order valence-electron chi connectivity index (χ0n) is 12.5. The van der Waals surface area contributed by atoms with Gasteiger partial charge < -0.3 is 9.47 Å². The molecule has 1 atom stereocenters. The van der Waals surface area contributed by atoms with E-state index in [4.69, 9.17) is 9.47 Å². The van der Waals surface area contributed by atoms with Gasteiger partial charge in [-0.3, -0.25) is 0 Å². The first-order valence-corrected chi connectivity index (χ1v) is 9.33. The predicted octanol–water partition coefficient (Wildman–Crippen LogP) is 2.74. The number of sulfonamides is 1. The fourth-order valence-corrected chi connectivity index (χ4v) is 3.96. The first-order chi connectivity index (χ1) is 11.0. The molecule has 2 aromatic rings. The van der Waals surface area contributed by atoms with E-state index in [0.29, 0.717) is 13.0 Å². The van der Waals surface area contributed by atoms with Crippen molar-refractivity contribution in [1.82, 2.24) is 4.72 Å². The van der Waals surface area contributed by atoms with E-state index in [2.05, 4.69) is 20.7 Å². The summed E-state index contributed by atoms with van der Waals surface area (Å²) in [4.78, 5) is 0.233. The number of ether oxygens (including phenoxy) is 2. The van der Waals surface area contributed by atoms with Crippen LogP contribution in [0.15, 0.2) is 51.8 Å². The molecule has 0 fully saturated rings. The molecule has 0 saturated heterocycles. The highest BCUT2D eigenvalue weighted by molar-refractivity contribution is 9.10. The Morgan fingerprint density at radius 2 is 1.96 bits per heavy atom. The molecule has 2 aromatic carbocycles. The van der Waals surface area contributed by atoms with E-state index in [0.717, 1.165) is 21.5 Å². The summed E-state index contributed by atoms with van der Waals surface area (Å²) >= 11 is 3.30. The zero-order chi connectivity index (χ0) is 16.4. The van der Waals surface area contributed by atoms with Crippen LogP contribution >= 0.6 is 15.9 Å². The van der Waals surface area contributed by atoms with Crippen LogP contribution in [0.25, 0.3) is 0 Å². The summed E-state index contributed by atoms with van der Waals surface area (Å²) in [5, 5.41) is 0. The molecule has 1 heterocycles. The molecule has 0 spiro atoms. The van der Waals surface area contributed by atoms with E-state index in [-0.39, 0.29) is 10.9 Å². The highest BCUT2D eigenvalue weighted by Gasteiger charge is 2.25. The highest BCUT2D eigenvalue weighted by Crippen LogP contribution is 2.29. The van der Waals surface area contributed by atoms with Crippen LogP contribution in [-0.4, -0.2) is 28.2 Å². The van der Waals surface area contributed by atoms with Crippen molar-refractivity contribution in [3.63, 3.8) is 0 Å². The normalized spacial score (nSPS) is 17.2. The standard InChI is InChI=1S/C16H16BrNO4S/c1-21-14-4-7-16-11(9-14)8-13(10-22-16)18-23(19,20)15-5-2-12(17)3-6-15/h2-7,9,13,18H,8,10H2,1H3/t13-/m1/s1. The van der Waals surface area contributed by atoms with Crippen LogP contribution in [0.5, 0.6) is 11.5 Å². The maximum absolute atomic E-state index is 12.4. The van der Waals surface area contributed by atoms with Gasteiger partial charge in [-0.05, 0) is 54.4 Å². The van der Waals surface area contributed by atoms with Gasteiger partial charge in [0.05, 0.1) is 18.0 Å². The lowest BCUT2D eigenvalue weighted by Crippen LogP contribution is -2.42. The molecule has 1 N–H and O–H groups in total. The molecular formula is C16H16BrNO4S. The molecule has 5 nitrogen and oxygen atoms in total. The second-order valence-corrected chi connectivity index (χ2v) is 7.89. The number of rotatable bonds is 4. The lowest BCUT2D eigenvalue weighted by Gasteiger charge is -2.26. The Labute approximate surface area is 143 Å². The minimum absolute atomic E-state index is 0.233. The van der Waals surface area contributed by atoms with Crippen LogP contribution < -0.4 is 14.2 Å². The van der Waals surface area contributed by atoms with Gasteiger partial charge in [0.25, 0.3) is 0 Å². The molecule has 23 heavy (non-hydrogen) atoms. The molecule has 0 aliphatic carbocycles. The maximum Gasteiger partial charge on any atom is 0.240 e. The summed E-state index contributed by atoms with van der Waals surface area (Å²) in [6.07, 6.45) is 0.558. The third-order valence-electron chi connectivity index (χ3n) is 3.62. The molecule has 0 saturated carbocycles. The topological polar surface area (TPSA) is 64.6 Å². The summed E-state index contributed by atoms with van der Waals surface area (Å²) < 4.78 is 39.3. The Morgan fingerprint density at radius 3 is 2.65 bits per heavy atom. The number of hydrogen-bond donors (Lipinski definition) is 1. The average molecular weight is 398 g/mol. The number of nitrogens with one attached hydrogen (secondary N) is 1. The molecule has 1 aliphatic heterocycles. The van der Waals surface area contributed by atoms with Gasteiger partial charge in [0, 0.05) is 4.47 Å². The van der Waals surface area contributed by atoms with E-state index in [1.54, 1.807) is 31.4 Å². The third kappa shape index (κ3) is 3.68. The zero-order valence-corrected chi connectivity index (χ0v) is 14.9. The monoisotopic (exact) mass is 397 g/mol. The number of fused-ring (bicyclic) bond motifs is 1. The van der Waals surface area contributed by atoms with Crippen molar-refractivity contribution < 1.29 is 17.9 Å². The molecule has 1 aliphatic rings. The first-order valence-electron chi connectivity index (χ1n) is 7.05. The molecule has 0 aromatic heterocycles. The van der Waals surface area contributed by atoms with Crippen molar-refractivity contribution in [3.05, 3.63) is 52.5 Å². The molecule has 0 amide bonds. The summed E-state index contributed by atoms with van der Waals surface area (Å²) in [5.74, 6) is 1.49. The van der Waals surface area contributed by atoms with Crippen LogP contribution in [-0.2, 0) is 16.4 Å². The van der Waals surface area contributed by atoms with Crippen LogP contribution in [0.1, 0.15) is 5.56 Å². The fraction of sp³-hybridized carbons (Fsp3) is 0.250. The minimum atomic E-state index is -3.58. The largest absolute Gasteiger partial charge is 0.497 e. The van der Waals surface area contributed by atoms with Crippen molar-refractivity contribution in [2.24, 2.45) is 0 Å². The quantitative estimate of drug-likeness (QED) is 0.861. The van der Waals surface area contributed by atoms with Gasteiger partial charge in [0.1, 0.15) is 18.1 Å². The number of hydrogen-bond acceptors (Lipinski definition) is 4. The Balaban J connectivity index is 1.77. The van der Waals surface area contributed by atoms with Gasteiger partial charge in [-0.1, -0.05) is 15.9 Å². The molecule has 3 rings (SSSR count). The Hall–Kier alpha value is -1.57. The lowest BCUT2D eigenvalue weighted by molar-refractivity contribution is 0.253. The molecular weight excluding hydrogens is 382 g/mol. The van der Waals surface area contributed by atoms with Crippen molar-refractivity contribution in [2.45, 2.75) is 17.4 Å². The molecule has 7 heteroatoms. The fourth-order valence-electron chi connectivity index (χ4n) is 2.47. The second-order valence-electron chi connectivity index (χ2n) is 5.26. The number of halogens is 1. The van der Waals surface area contributed by atoms with Crippen LogP contribution in [0.2, 0.25) is 0 Å². The Morgan fingerprint density at radius 1 is 1.22 bits per heavy atom. The summed E-state index contributed by atoms with van der Waals surface area (Å²) in [6, 6.07) is 11.7. The minimum Gasteiger partial charge on any atom is -0.497 e. The number of methoxy groups -OCH3 is 1. The smallest absolute Gasteiger partial charge is 0.240 e. The first kappa shape index (κ1) is 16.3. The molecule has 0 bridgehead atoms. The SMILES string of the molecule is COc1ccc2c(c1)C[C@@H](NS(=O)(=O)c1ccc(Br)cc1)CO2. The second kappa shape index (κ2) is 6.51. The highest BCUT2D eigenvalue weighted by atomic mass is 79.9.